The van der Waals surface area contributed by atoms with Crippen molar-refractivity contribution in [2.75, 3.05) is 20.2 Å². The minimum absolute atomic E-state index is 0.309. The highest BCUT2D eigenvalue weighted by Gasteiger charge is 2.30. The smallest absolute Gasteiger partial charge is 0.223 e. The molecule has 1 amide bonds. The predicted molar refractivity (Wildman–Crippen MR) is 118 cm³/mol. The molecule has 1 saturated heterocycles. The summed E-state index contributed by atoms with van der Waals surface area (Å²) < 4.78 is 5.38. The zero-order valence-electron chi connectivity index (χ0n) is 17.8. The lowest BCUT2D eigenvalue weighted by molar-refractivity contribution is -0.132. The molecule has 0 radical (unpaired) electrons. The second-order valence-corrected chi connectivity index (χ2v) is 9.69. The quantitative estimate of drug-likeness (QED) is 0.652. The van der Waals surface area contributed by atoms with Gasteiger partial charge < -0.3 is 9.64 Å². The topological polar surface area (TPSA) is 42.4 Å². The molecule has 29 heavy (non-hydrogen) atoms. The molecule has 0 N–H and O–H groups in total. The number of amides is 1. The van der Waals surface area contributed by atoms with Crippen molar-refractivity contribution in [3.8, 4) is 5.75 Å². The van der Waals surface area contributed by atoms with Crippen molar-refractivity contribution in [2.45, 2.75) is 70.1 Å². The van der Waals surface area contributed by atoms with E-state index in [2.05, 4.69) is 36.3 Å². The van der Waals surface area contributed by atoms with Gasteiger partial charge in [-0.2, -0.15) is 0 Å². The molecule has 2 heterocycles. The van der Waals surface area contributed by atoms with Crippen LogP contribution in [0.4, 0.5) is 0 Å². The predicted octanol–water partition coefficient (Wildman–Crippen LogP) is 5.49. The lowest BCUT2D eigenvalue weighted by Gasteiger charge is -2.34. The summed E-state index contributed by atoms with van der Waals surface area (Å²) in [5.41, 5.74) is 3.89. The highest BCUT2D eigenvalue weighted by Crippen LogP contribution is 2.37. The Morgan fingerprint density at radius 3 is 2.93 bits per heavy atom. The van der Waals surface area contributed by atoms with Crippen molar-refractivity contribution in [2.24, 2.45) is 0 Å². The van der Waals surface area contributed by atoms with Gasteiger partial charge in [0.15, 0.2) is 0 Å². The van der Waals surface area contributed by atoms with Crippen molar-refractivity contribution in [1.82, 2.24) is 9.88 Å². The highest BCUT2D eigenvalue weighted by atomic mass is 32.1. The number of carbonyl (C=O) groups excluding carboxylic acids is 1. The lowest BCUT2D eigenvalue weighted by Crippen LogP contribution is -2.39. The van der Waals surface area contributed by atoms with Crippen LogP contribution < -0.4 is 4.74 Å². The number of benzene rings is 1. The van der Waals surface area contributed by atoms with E-state index in [-0.39, 0.29) is 0 Å². The minimum Gasteiger partial charge on any atom is -0.497 e. The highest BCUT2D eigenvalue weighted by molar-refractivity contribution is 7.09. The molecule has 4 nitrogen and oxygen atoms in total. The molecular weight excluding hydrogens is 380 g/mol. The van der Waals surface area contributed by atoms with E-state index in [0.717, 1.165) is 50.9 Å². The number of nitrogens with zero attached hydrogens (tertiary/aromatic N) is 2. The van der Waals surface area contributed by atoms with Crippen LogP contribution in [0.25, 0.3) is 0 Å². The van der Waals surface area contributed by atoms with E-state index in [1.807, 2.05) is 6.07 Å². The van der Waals surface area contributed by atoms with Crippen molar-refractivity contribution in [3.63, 3.8) is 0 Å². The van der Waals surface area contributed by atoms with E-state index in [4.69, 9.17) is 9.72 Å². The van der Waals surface area contributed by atoms with Crippen molar-refractivity contribution in [3.05, 3.63) is 45.4 Å². The van der Waals surface area contributed by atoms with Crippen LogP contribution in [0.5, 0.6) is 5.75 Å². The molecule has 2 atom stereocenters. The van der Waals surface area contributed by atoms with Gasteiger partial charge in [-0.1, -0.05) is 19.9 Å². The standard InChI is InChI=1S/C24H32N2O2S/c1-16(2)22-15-29-24(25-22)19-8-5-11-26(14-19)23(27)13-18-7-4-6-17-12-20(28-3)9-10-21(17)18/h9-10,12,15-16,18-19H,4-8,11,13-14H2,1-3H3/t18-,19-/m0/s1. The number of piperidine rings is 1. The Kier molecular flexibility index (Phi) is 6.23. The molecule has 1 fully saturated rings. The number of hydrogen-bond donors (Lipinski definition) is 0. The molecule has 5 heteroatoms. The second-order valence-electron chi connectivity index (χ2n) is 8.80. The van der Waals surface area contributed by atoms with Crippen LogP contribution in [0.3, 0.4) is 0 Å². The lowest BCUT2D eigenvalue weighted by atomic mass is 9.80. The Hall–Kier alpha value is -1.88. The van der Waals surface area contributed by atoms with E-state index >= 15 is 0 Å². The third-order valence-electron chi connectivity index (χ3n) is 6.46. The summed E-state index contributed by atoms with van der Waals surface area (Å²) in [7, 11) is 1.71. The average molecular weight is 413 g/mol. The third kappa shape index (κ3) is 4.50. The summed E-state index contributed by atoms with van der Waals surface area (Å²) >= 11 is 1.77. The Balaban J connectivity index is 1.42. The fourth-order valence-electron chi connectivity index (χ4n) is 4.73. The number of rotatable bonds is 5. The number of hydrogen-bond acceptors (Lipinski definition) is 4. The minimum atomic E-state index is 0.309. The number of likely N-dealkylation sites (tertiary alicyclic amines) is 1. The van der Waals surface area contributed by atoms with Crippen molar-refractivity contribution in [1.29, 1.82) is 0 Å². The molecular formula is C24H32N2O2S. The Morgan fingerprint density at radius 1 is 1.31 bits per heavy atom. The van der Waals surface area contributed by atoms with Crippen LogP contribution in [0.15, 0.2) is 23.6 Å². The van der Waals surface area contributed by atoms with Gasteiger partial charge in [0.05, 0.1) is 17.8 Å². The number of thiazole rings is 1. The van der Waals surface area contributed by atoms with E-state index in [1.54, 1.807) is 18.4 Å². The Labute approximate surface area is 178 Å². The first-order valence-electron chi connectivity index (χ1n) is 10.9. The fraction of sp³-hybridized carbons (Fsp3) is 0.583. The maximum atomic E-state index is 13.2. The zero-order valence-corrected chi connectivity index (χ0v) is 18.6. The van der Waals surface area contributed by atoms with Gasteiger partial charge in [-0.05, 0) is 67.2 Å². The van der Waals surface area contributed by atoms with Crippen LogP contribution >= 0.6 is 11.3 Å². The first-order chi connectivity index (χ1) is 14.0. The maximum absolute atomic E-state index is 13.2. The summed E-state index contributed by atoms with van der Waals surface area (Å²) in [5.74, 6) is 2.42. The molecule has 1 aliphatic carbocycles. The van der Waals surface area contributed by atoms with E-state index < -0.39 is 0 Å². The Bertz CT molecular complexity index is 860. The third-order valence-corrected chi connectivity index (χ3v) is 7.49. The summed E-state index contributed by atoms with van der Waals surface area (Å²) in [4.78, 5) is 20.1. The average Bonchev–Trinajstić information content (AvgIpc) is 3.24. The molecule has 1 aromatic heterocycles. The summed E-state index contributed by atoms with van der Waals surface area (Å²) in [6, 6.07) is 6.36. The van der Waals surface area contributed by atoms with E-state index in [1.165, 1.54) is 21.8 Å². The molecule has 4 rings (SSSR count). The number of methoxy groups -OCH3 is 1. The van der Waals surface area contributed by atoms with Gasteiger partial charge in [-0.15, -0.1) is 11.3 Å². The second kappa shape index (κ2) is 8.86. The SMILES string of the molecule is COc1ccc2c(c1)CCC[C@H]2CC(=O)N1CCC[C@H](c2nc(C(C)C)cs2)C1. The van der Waals surface area contributed by atoms with Crippen molar-refractivity contribution >= 4 is 17.2 Å². The first-order valence-corrected chi connectivity index (χ1v) is 11.8. The van der Waals surface area contributed by atoms with E-state index in [0.29, 0.717) is 30.1 Å². The maximum Gasteiger partial charge on any atom is 0.223 e. The molecule has 2 aromatic rings. The monoisotopic (exact) mass is 412 g/mol. The molecule has 0 spiro atoms. The molecule has 0 saturated carbocycles. The fourth-order valence-corrected chi connectivity index (χ4v) is 5.84. The number of aryl methyl sites for hydroxylation is 1. The summed E-state index contributed by atoms with van der Waals surface area (Å²) in [6.07, 6.45) is 6.18. The molecule has 1 aromatic carbocycles. The van der Waals surface area contributed by atoms with Crippen LogP contribution in [-0.2, 0) is 11.2 Å². The first kappa shape index (κ1) is 20.4. The van der Waals surface area contributed by atoms with Crippen molar-refractivity contribution < 1.29 is 9.53 Å². The molecule has 0 unspecified atom stereocenters. The van der Waals surface area contributed by atoms with Gasteiger partial charge in [-0.3, -0.25) is 4.79 Å². The number of ether oxygens (including phenoxy) is 1. The number of fused-ring (bicyclic) bond motifs is 1. The molecule has 2 aliphatic rings. The van der Waals surface area contributed by atoms with Gasteiger partial charge in [0, 0.05) is 30.8 Å². The number of carbonyl (C=O) groups is 1. The molecule has 0 bridgehead atoms. The normalized spacial score (nSPS) is 21.9. The van der Waals surface area contributed by atoms with Crippen LogP contribution in [0.2, 0.25) is 0 Å². The van der Waals surface area contributed by atoms with Crippen LogP contribution in [-0.4, -0.2) is 36.0 Å². The van der Waals surface area contributed by atoms with Crippen LogP contribution in [0.1, 0.15) is 85.5 Å². The Morgan fingerprint density at radius 2 is 2.17 bits per heavy atom. The zero-order chi connectivity index (χ0) is 20.4. The van der Waals surface area contributed by atoms with Gasteiger partial charge in [0.2, 0.25) is 5.91 Å². The van der Waals surface area contributed by atoms with Gasteiger partial charge in [0.1, 0.15) is 5.75 Å². The molecule has 1 aliphatic heterocycles. The van der Waals surface area contributed by atoms with E-state index in [9.17, 15) is 4.79 Å². The molecule has 156 valence electrons. The van der Waals surface area contributed by atoms with Gasteiger partial charge in [0.25, 0.3) is 0 Å². The van der Waals surface area contributed by atoms with Gasteiger partial charge >= 0.3 is 0 Å². The van der Waals surface area contributed by atoms with Gasteiger partial charge in [-0.25, -0.2) is 4.98 Å². The summed E-state index contributed by atoms with van der Waals surface area (Å²) in [5, 5.41) is 3.40. The number of aromatic nitrogens is 1. The largest absolute Gasteiger partial charge is 0.497 e. The van der Waals surface area contributed by atoms with Crippen LogP contribution in [0, 0.1) is 0 Å². The summed E-state index contributed by atoms with van der Waals surface area (Å²) in [6.45, 7) is 6.09.